The molecule has 31 heavy (non-hydrogen) atoms. The van der Waals surface area contributed by atoms with Gasteiger partial charge in [-0.15, -0.1) is 0 Å². The fraction of sp³-hybridized carbons (Fsp3) is 0.353. The summed E-state index contributed by atoms with van der Waals surface area (Å²) in [5, 5.41) is 2.15. The molecule has 0 aliphatic heterocycles. The van der Waals surface area contributed by atoms with Crippen molar-refractivity contribution in [3.05, 3.63) is 30.3 Å². The molecule has 0 fully saturated rings. The monoisotopic (exact) mass is 473 g/mol. The number of carbonyl (C=O) groups excluding carboxylic acids is 1. The molecule has 1 aromatic heterocycles. The second-order valence-corrected chi connectivity index (χ2v) is 10.0. The third-order valence-electron chi connectivity index (χ3n) is 4.07. The van der Waals surface area contributed by atoms with Crippen LogP contribution in [0.25, 0.3) is 0 Å². The van der Waals surface area contributed by atoms with Gasteiger partial charge in [-0.05, 0) is 26.0 Å². The second kappa shape index (κ2) is 9.45. The lowest BCUT2D eigenvalue weighted by molar-refractivity contribution is 0.256. The zero-order valence-electron chi connectivity index (χ0n) is 17.5. The summed E-state index contributed by atoms with van der Waals surface area (Å²) in [5.74, 6) is -0.152. The fourth-order valence-corrected chi connectivity index (χ4v) is 5.37. The first kappa shape index (κ1) is 24.3. The largest absolute Gasteiger partial charge is 0.481 e. The smallest absolute Gasteiger partial charge is 0.335 e. The van der Waals surface area contributed by atoms with Crippen molar-refractivity contribution < 1.29 is 31.1 Å². The van der Waals surface area contributed by atoms with Gasteiger partial charge in [0.25, 0.3) is 10.0 Å². The highest BCUT2D eigenvalue weighted by molar-refractivity contribution is 7.92. The number of methoxy groups -OCH3 is 2. The van der Waals surface area contributed by atoms with Crippen LogP contribution >= 0.6 is 0 Å². The van der Waals surface area contributed by atoms with Gasteiger partial charge in [-0.1, -0.05) is 12.1 Å². The summed E-state index contributed by atoms with van der Waals surface area (Å²) in [6.07, 6.45) is 0. The quantitative estimate of drug-likeness (QED) is 0.571. The van der Waals surface area contributed by atoms with E-state index in [1.165, 1.54) is 39.5 Å². The van der Waals surface area contributed by atoms with Crippen LogP contribution in [-0.4, -0.2) is 64.4 Å². The van der Waals surface area contributed by atoms with Crippen molar-refractivity contribution in [1.29, 1.82) is 0 Å². The molecule has 1 heterocycles. The number of ether oxygens (including phenoxy) is 2. The van der Waals surface area contributed by atoms with E-state index in [-0.39, 0.29) is 17.7 Å². The number of aromatic nitrogens is 2. The Bertz CT molecular complexity index is 1140. The topological polar surface area (TPSA) is 157 Å². The molecule has 12 nitrogen and oxygen atoms in total. The van der Waals surface area contributed by atoms with Crippen molar-refractivity contribution in [3.63, 3.8) is 0 Å². The van der Waals surface area contributed by atoms with Gasteiger partial charge in [-0.3, -0.25) is 5.32 Å². The maximum Gasteiger partial charge on any atom is 0.335 e. The molecule has 1 aromatic carbocycles. The summed E-state index contributed by atoms with van der Waals surface area (Å²) in [7, 11) is -4.71. The minimum absolute atomic E-state index is 0.0677. The minimum Gasteiger partial charge on any atom is -0.481 e. The number of carbonyl (C=O) groups is 1. The highest BCUT2D eigenvalue weighted by Crippen LogP contribution is 2.24. The zero-order valence-corrected chi connectivity index (χ0v) is 19.1. The number of nitrogens with one attached hydrogen (secondary N) is 2. The molecule has 0 radical (unpaired) electrons. The molecule has 0 aliphatic rings. The predicted octanol–water partition coefficient (Wildman–Crippen LogP) is 1.03. The molecular weight excluding hydrogens is 450 g/mol. The highest BCUT2D eigenvalue weighted by atomic mass is 32.2. The first-order valence-electron chi connectivity index (χ1n) is 8.80. The second-order valence-electron chi connectivity index (χ2n) is 6.40. The number of urea groups is 1. The number of sulfonamides is 2. The van der Waals surface area contributed by atoms with E-state index < -0.39 is 41.9 Å². The van der Waals surface area contributed by atoms with E-state index in [1.807, 2.05) is 0 Å². The van der Waals surface area contributed by atoms with Gasteiger partial charge in [0.05, 0.1) is 20.3 Å². The third-order valence-corrected chi connectivity index (χ3v) is 7.68. The predicted molar refractivity (Wildman–Crippen MR) is 111 cm³/mol. The van der Waals surface area contributed by atoms with Crippen LogP contribution in [0.15, 0.2) is 40.1 Å². The molecule has 0 aliphatic carbocycles. The van der Waals surface area contributed by atoms with Gasteiger partial charge in [0, 0.05) is 13.1 Å². The molecule has 2 aromatic rings. The van der Waals surface area contributed by atoms with Crippen molar-refractivity contribution in [1.82, 2.24) is 19.0 Å². The van der Waals surface area contributed by atoms with Gasteiger partial charge in [0.2, 0.25) is 27.7 Å². The molecule has 0 atom stereocenters. The zero-order chi connectivity index (χ0) is 23.4. The Hall–Kier alpha value is -2.97. The molecule has 170 valence electrons. The number of amides is 2. The molecule has 0 bridgehead atoms. The SMILES string of the molecule is COc1cc(OC)nc(NC(=O)NS(=O)(=O)c2ccccc2S(=O)(=O)N(C)C(C)C)n1. The summed E-state index contributed by atoms with van der Waals surface area (Å²) >= 11 is 0. The van der Waals surface area contributed by atoms with E-state index in [0.717, 1.165) is 16.4 Å². The molecule has 2 rings (SSSR count). The summed E-state index contributed by atoms with van der Waals surface area (Å²) in [5.41, 5.74) is 0. The van der Waals surface area contributed by atoms with Crippen molar-refractivity contribution >= 4 is 32.0 Å². The van der Waals surface area contributed by atoms with Crippen molar-refractivity contribution in [2.24, 2.45) is 0 Å². The fourth-order valence-electron chi connectivity index (χ4n) is 2.29. The third kappa shape index (κ3) is 5.59. The number of anilines is 1. The Labute approximate surface area is 180 Å². The Morgan fingerprint density at radius 3 is 2.00 bits per heavy atom. The van der Waals surface area contributed by atoms with E-state index in [9.17, 15) is 21.6 Å². The lowest BCUT2D eigenvalue weighted by atomic mass is 10.4. The van der Waals surface area contributed by atoms with Crippen LogP contribution < -0.4 is 19.5 Å². The molecule has 0 unspecified atom stereocenters. The van der Waals surface area contributed by atoms with Gasteiger partial charge in [-0.25, -0.2) is 26.4 Å². The first-order chi connectivity index (χ1) is 14.4. The van der Waals surface area contributed by atoms with Crippen LogP contribution in [0.3, 0.4) is 0 Å². The molecule has 0 saturated carbocycles. The number of hydrogen-bond donors (Lipinski definition) is 2. The van der Waals surface area contributed by atoms with Crippen LogP contribution in [0.4, 0.5) is 10.7 Å². The standard InChI is InChI=1S/C17H23N5O7S2/c1-11(2)22(3)31(26,27)13-9-7-6-8-12(13)30(24,25)21-17(23)20-16-18-14(28-4)10-15(19-16)29-5/h6-11H,1-5H3,(H2,18,19,20,21,23). The van der Waals surface area contributed by atoms with E-state index in [4.69, 9.17) is 9.47 Å². The summed E-state index contributed by atoms with van der Waals surface area (Å²) in [6.45, 7) is 3.28. The highest BCUT2D eigenvalue weighted by Gasteiger charge is 2.31. The molecular formula is C17H23N5O7S2. The van der Waals surface area contributed by atoms with Crippen molar-refractivity contribution in [2.45, 2.75) is 29.7 Å². The van der Waals surface area contributed by atoms with E-state index in [1.54, 1.807) is 18.6 Å². The maximum absolute atomic E-state index is 12.8. The number of benzene rings is 1. The average Bonchev–Trinajstić information content (AvgIpc) is 2.72. The normalized spacial score (nSPS) is 12.0. The number of hydrogen-bond acceptors (Lipinski definition) is 9. The van der Waals surface area contributed by atoms with Crippen LogP contribution in [-0.2, 0) is 20.0 Å². The average molecular weight is 474 g/mol. The van der Waals surface area contributed by atoms with Crippen LogP contribution in [0.2, 0.25) is 0 Å². The van der Waals surface area contributed by atoms with E-state index in [2.05, 4.69) is 15.3 Å². The van der Waals surface area contributed by atoms with Crippen molar-refractivity contribution in [2.75, 3.05) is 26.6 Å². The molecule has 0 spiro atoms. The first-order valence-corrected chi connectivity index (χ1v) is 11.7. The Balaban J connectivity index is 2.35. The molecule has 14 heteroatoms. The Morgan fingerprint density at radius 2 is 1.52 bits per heavy atom. The Morgan fingerprint density at radius 1 is 1.00 bits per heavy atom. The van der Waals surface area contributed by atoms with Crippen LogP contribution in [0.1, 0.15) is 13.8 Å². The number of nitrogens with zero attached hydrogens (tertiary/aromatic N) is 3. The maximum atomic E-state index is 12.8. The minimum atomic E-state index is -4.57. The molecule has 2 amide bonds. The van der Waals surface area contributed by atoms with Gasteiger partial charge in [0.1, 0.15) is 9.79 Å². The molecule has 0 saturated heterocycles. The van der Waals surface area contributed by atoms with Crippen LogP contribution in [0.5, 0.6) is 11.8 Å². The summed E-state index contributed by atoms with van der Waals surface area (Å²) in [4.78, 5) is 19.0. The Kier molecular flexibility index (Phi) is 7.41. The molecule has 2 N–H and O–H groups in total. The van der Waals surface area contributed by atoms with Gasteiger partial charge >= 0.3 is 6.03 Å². The number of rotatable bonds is 8. The van der Waals surface area contributed by atoms with Gasteiger partial charge in [-0.2, -0.15) is 14.3 Å². The van der Waals surface area contributed by atoms with Gasteiger partial charge < -0.3 is 9.47 Å². The van der Waals surface area contributed by atoms with Crippen molar-refractivity contribution in [3.8, 4) is 11.8 Å². The van der Waals surface area contributed by atoms with E-state index in [0.29, 0.717) is 0 Å². The van der Waals surface area contributed by atoms with Crippen LogP contribution in [0, 0.1) is 0 Å². The van der Waals surface area contributed by atoms with Gasteiger partial charge in [0.15, 0.2) is 0 Å². The summed E-state index contributed by atoms with van der Waals surface area (Å²) < 4.78 is 64.0. The lowest BCUT2D eigenvalue weighted by Gasteiger charge is -2.22. The lowest BCUT2D eigenvalue weighted by Crippen LogP contribution is -2.37. The summed E-state index contributed by atoms with van der Waals surface area (Å²) in [6, 6.07) is 4.69. The van der Waals surface area contributed by atoms with E-state index >= 15 is 0 Å².